The number of nitrogens with zero attached hydrogens (tertiary/aromatic N) is 2. The zero-order chi connectivity index (χ0) is 18.6. The Balaban J connectivity index is 2.31. The van der Waals surface area contributed by atoms with Gasteiger partial charge in [0.1, 0.15) is 5.69 Å². The summed E-state index contributed by atoms with van der Waals surface area (Å²) in [5, 5.41) is 4.95. The van der Waals surface area contributed by atoms with Gasteiger partial charge in [0.15, 0.2) is 0 Å². The maximum absolute atomic E-state index is 13.1. The number of nitrogens with one attached hydrogen (secondary N) is 2. The van der Waals surface area contributed by atoms with Gasteiger partial charge in [-0.05, 0) is 31.2 Å². The van der Waals surface area contributed by atoms with E-state index in [1.54, 1.807) is 13.0 Å². The highest BCUT2D eigenvalue weighted by Crippen LogP contribution is 2.36. The summed E-state index contributed by atoms with van der Waals surface area (Å²) in [4.78, 5) is 20.4. The molecule has 0 spiro atoms. The quantitative estimate of drug-likeness (QED) is 0.770. The molecule has 0 aliphatic rings. The van der Waals surface area contributed by atoms with E-state index in [4.69, 9.17) is 11.6 Å². The van der Waals surface area contributed by atoms with Gasteiger partial charge >= 0.3 is 6.18 Å². The zero-order valence-corrected chi connectivity index (χ0v) is 13.9. The summed E-state index contributed by atoms with van der Waals surface area (Å²) in [5.74, 6) is -0.614. The van der Waals surface area contributed by atoms with E-state index in [0.717, 1.165) is 12.1 Å². The number of aryl methyl sites for hydroxylation is 1. The first-order chi connectivity index (χ1) is 11.7. The molecule has 2 aromatic rings. The highest BCUT2D eigenvalue weighted by atomic mass is 35.5. The van der Waals surface area contributed by atoms with Crippen LogP contribution in [0.15, 0.2) is 36.9 Å². The molecule has 0 unspecified atom stereocenters. The molecular weight excluding hydrogens is 357 g/mol. The minimum atomic E-state index is -4.66. The number of aromatic nitrogens is 2. The summed E-state index contributed by atoms with van der Waals surface area (Å²) in [7, 11) is 0. The molecule has 1 amide bonds. The molecule has 2 N–H and O–H groups in total. The number of halogens is 4. The molecule has 0 bridgehead atoms. The molecule has 0 radical (unpaired) electrons. The summed E-state index contributed by atoms with van der Waals surface area (Å²) in [5.41, 5.74) is -1.02. The van der Waals surface area contributed by atoms with Crippen LogP contribution in [0.25, 0.3) is 0 Å². The first kappa shape index (κ1) is 18.7. The van der Waals surface area contributed by atoms with E-state index in [2.05, 4.69) is 27.2 Å². The fraction of sp³-hybridized carbons (Fsp3) is 0.188. The standard InChI is InChI=1S/C16H14ClF3N4O/c1-3-6-21-15-22-9(2)7-13(24-15)14(25)23-12-5-4-10(17)8-11(12)16(18,19)20/h3-5,7-8H,1,6H2,2H3,(H,23,25)(H,21,22,24). The summed E-state index contributed by atoms with van der Waals surface area (Å²) in [6, 6.07) is 4.47. The fourth-order valence-electron chi connectivity index (χ4n) is 1.97. The predicted octanol–water partition coefficient (Wildman–Crippen LogP) is 4.31. The smallest absolute Gasteiger partial charge is 0.351 e. The highest BCUT2D eigenvalue weighted by molar-refractivity contribution is 6.30. The lowest BCUT2D eigenvalue weighted by atomic mass is 10.1. The van der Waals surface area contributed by atoms with Crippen molar-refractivity contribution in [2.75, 3.05) is 17.2 Å². The number of alkyl halides is 3. The number of carbonyl (C=O) groups is 1. The number of benzene rings is 1. The average molecular weight is 371 g/mol. The van der Waals surface area contributed by atoms with Gasteiger partial charge < -0.3 is 10.6 Å². The van der Waals surface area contributed by atoms with Crippen molar-refractivity contribution >= 4 is 29.1 Å². The van der Waals surface area contributed by atoms with Crippen LogP contribution in [0.5, 0.6) is 0 Å². The second-order valence-electron chi connectivity index (χ2n) is 5.03. The lowest BCUT2D eigenvalue weighted by Crippen LogP contribution is -2.19. The van der Waals surface area contributed by atoms with Crippen molar-refractivity contribution in [2.24, 2.45) is 0 Å². The van der Waals surface area contributed by atoms with Gasteiger partial charge in [-0.3, -0.25) is 4.79 Å². The van der Waals surface area contributed by atoms with Crippen molar-refractivity contribution in [3.63, 3.8) is 0 Å². The number of amides is 1. The van der Waals surface area contributed by atoms with Crippen LogP contribution in [0.4, 0.5) is 24.8 Å². The molecule has 1 aromatic carbocycles. The molecule has 0 fully saturated rings. The molecule has 0 saturated carbocycles. The molecule has 5 nitrogen and oxygen atoms in total. The Morgan fingerprint density at radius 3 is 2.68 bits per heavy atom. The van der Waals surface area contributed by atoms with Crippen molar-refractivity contribution in [3.8, 4) is 0 Å². The molecule has 2 rings (SSSR count). The molecule has 25 heavy (non-hydrogen) atoms. The van der Waals surface area contributed by atoms with Gasteiger partial charge in [0, 0.05) is 17.3 Å². The van der Waals surface area contributed by atoms with E-state index in [1.165, 1.54) is 12.1 Å². The summed E-state index contributed by atoms with van der Waals surface area (Å²) >= 11 is 5.62. The van der Waals surface area contributed by atoms with E-state index >= 15 is 0 Å². The Morgan fingerprint density at radius 2 is 2.04 bits per heavy atom. The Kier molecular flexibility index (Phi) is 5.63. The van der Waals surface area contributed by atoms with Crippen LogP contribution in [0.1, 0.15) is 21.7 Å². The van der Waals surface area contributed by atoms with E-state index in [0.29, 0.717) is 12.2 Å². The average Bonchev–Trinajstić information content (AvgIpc) is 2.53. The van der Waals surface area contributed by atoms with Gasteiger partial charge in [-0.15, -0.1) is 6.58 Å². The highest BCUT2D eigenvalue weighted by Gasteiger charge is 2.34. The fourth-order valence-corrected chi connectivity index (χ4v) is 2.15. The van der Waals surface area contributed by atoms with Gasteiger partial charge in [-0.2, -0.15) is 13.2 Å². The van der Waals surface area contributed by atoms with Crippen molar-refractivity contribution in [2.45, 2.75) is 13.1 Å². The van der Waals surface area contributed by atoms with E-state index in [-0.39, 0.29) is 16.7 Å². The number of carbonyl (C=O) groups excluding carboxylic acids is 1. The molecule has 1 aromatic heterocycles. The molecule has 0 aliphatic heterocycles. The molecular formula is C16H14ClF3N4O. The van der Waals surface area contributed by atoms with E-state index in [1.807, 2.05) is 0 Å². The molecule has 0 aliphatic carbocycles. The van der Waals surface area contributed by atoms with Crippen LogP contribution in [-0.2, 0) is 6.18 Å². The monoisotopic (exact) mass is 370 g/mol. The maximum Gasteiger partial charge on any atom is 0.418 e. The minimum Gasteiger partial charge on any atom is -0.351 e. The largest absolute Gasteiger partial charge is 0.418 e. The normalized spacial score (nSPS) is 11.1. The number of hydrogen-bond acceptors (Lipinski definition) is 4. The van der Waals surface area contributed by atoms with Gasteiger partial charge in [0.25, 0.3) is 5.91 Å². The summed E-state index contributed by atoms with van der Waals surface area (Å²) in [6.45, 7) is 5.55. The van der Waals surface area contributed by atoms with E-state index < -0.39 is 23.3 Å². The van der Waals surface area contributed by atoms with Crippen molar-refractivity contribution in [1.82, 2.24) is 9.97 Å². The minimum absolute atomic E-state index is 0.0675. The molecule has 132 valence electrons. The predicted molar refractivity (Wildman–Crippen MR) is 89.9 cm³/mol. The Bertz CT molecular complexity index is 808. The van der Waals surface area contributed by atoms with Crippen LogP contribution in [0, 0.1) is 6.92 Å². The van der Waals surface area contributed by atoms with Crippen molar-refractivity contribution in [3.05, 3.63) is 58.9 Å². The second kappa shape index (κ2) is 7.52. The third kappa shape index (κ3) is 4.93. The Labute approximate surface area is 146 Å². The SMILES string of the molecule is C=CCNc1nc(C)cc(C(=O)Nc2ccc(Cl)cc2C(F)(F)F)n1. The zero-order valence-electron chi connectivity index (χ0n) is 13.1. The van der Waals surface area contributed by atoms with Crippen LogP contribution < -0.4 is 10.6 Å². The van der Waals surface area contributed by atoms with E-state index in [9.17, 15) is 18.0 Å². The summed E-state index contributed by atoms with van der Waals surface area (Å²) in [6.07, 6.45) is -3.08. The lowest BCUT2D eigenvalue weighted by molar-refractivity contribution is -0.136. The van der Waals surface area contributed by atoms with Gasteiger partial charge in [0.2, 0.25) is 5.95 Å². The lowest BCUT2D eigenvalue weighted by Gasteiger charge is -2.14. The van der Waals surface area contributed by atoms with Crippen molar-refractivity contribution in [1.29, 1.82) is 0 Å². The molecule has 9 heteroatoms. The third-order valence-electron chi connectivity index (χ3n) is 3.03. The second-order valence-corrected chi connectivity index (χ2v) is 5.47. The van der Waals surface area contributed by atoms with Gasteiger partial charge in [-0.25, -0.2) is 9.97 Å². The summed E-state index contributed by atoms with van der Waals surface area (Å²) < 4.78 is 39.3. The first-order valence-electron chi connectivity index (χ1n) is 7.09. The number of rotatable bonds is 5. The van der Waals surface area contributed by atoms with Crippen LogP contribution in [0.3, 0.4) is 0 Å². The van der Waals surface area contributed by atoms with Gasteiger partial charge in [0.05, 0.1) is 11.3 Å². The molecule has 0 atom stereocenters. The van der Waals surface area contributed by atoms with Crippen LogP contribution in [-0.4, -0.2) is 22.4 Å². The maximum atomic E-state index is 13.1. The molecule has 1 heterocycles. The third-order valence-corrected chi connectivity index (χ3v) is 3.26. The Hall–Kier alpha value is -2.61. The van der Waals surface area contributed by atoms with Crippen molar-refractivity contribution < 1.29 is 18.0 Å². The number of hydrogen-bond donors (Lipinski definition) is 2. The Morgan fingerprint density at radius 1 is 1.32 bits per heavy atom. The van der Waals surface area contributed by atoms with Gasteiger partial charge in [-0.1, -0.05) is 17.7 Å². The van der Waals surface area contributed by atoms with Crippen LogP contribution >= 0.6 is 11.6 Å². The number of anilines is 2. The molecule has 0 saturated heterocycles. The first-order valence-corrected chi connectivity index (χ1v) is 7.47. The topological polar surface area (TPSA) is 66.9 Å². The van der Waals surface area contributed by atoms with Crippen LogP contribution in [0.2, 0.25) is 5.02 Å².